The van der Waals surface area contributed by atoms with Crippen LogP contribution in [-0.4, -0.2) is 43.4 Å². The number of aliphatic hydroxyl groups is 1. The molecule has 1 saturated heterocycles. The number of halogens is 3. The van der Waals surface area contributed by atoms with E-state index < -0.39 is 30.4 Å². The lowest BCUT2D eigenvalue weighted by atomic mass is 10.1. The van der Waals surface area contributed by atoms with Gasteiger partial charge in [0.1, 0.15) is 5.75 Å². The average Bonchev–Trinajstić information content (AvgIpc) is 2.87. The van der Waals surface area contributed by atoms with Crippen LogP contribution < -0.4 is 15.4 Å². The van der Waals surface area contributed by atoms with Crippen LogP contribution >= 0.6 is 0 Å². The van der Waals surface area contributed by atoms with Crippen molar-refractivity contribution in [2.75, 3.05) is 26.2 Å². The summed E-state index contributed by atoms with van der Waals surface area (Å²) in [5.74, 6) is -1.02. The highest BCUT2D eigenvalue weighted by molar-refractivity contribution is 5.77. The van der Waals surface area contributed by atoms with Gasteiger partial charge in [-0.2, -0.15) is 13.2 Å². The summed E-state index contributed by atoms with van der Waals surface area (Å²) < 4.78 is 43.2. The largest absolute Gasteiger partial charge is 0.483 e. The molecule has 122 valence electrons. The normalized spacial score (nSPS) is 21.6. The van der Waals surface area contributed by atoms with E-state index in [1.807, 2.05) is 0 Å². The molecule has 8 heteroatoms. The fourth-order valence-electron chi connectivity index (χ4n) is 2.19. The number of aliphatic hydroxyl groups excluding tert-OH is 1. The summed E-state index contributed by atoms with van der Waals surface area (Å²) >= 11 is 0. The number of rotatable bonds is 5. The van der Waals surface area contributed by atoms with E-state index >= 15 is 0 Å². The van der Waals surface area contributed by atoms with Crippen LogP contribution in [0.1, 0.15) is 5.56 Å². The molecule has 0 aliphatic carbocycles. The maximum Gasteiger partial charge on any atom is 0.419 e. The number of alkyl halides is 3. The van der Waals surface area contributed by atoms with Crippen molar-refractivity contribution in [2.24, 2.45) is 5.92 Å². The third kappa shape index (κ3) is 4.35. The summed E-state index contributed by atoms with van der Waals surface area (Å²) in [4.78, 5) is 11.6. The predicted molar refractivity (Wildman–Crippen MR) is 72.3 cm³/mol. The first kappa shape index (κ1) is 16.6. The van der Waals surface area contributed by atoms with Gasteiger partial charge < -0.3 is 20.5 Å². The highest BCUT2D eigenvalue weighted by Crippen LogP contribution is 2.35. The quantitative estimate of drug-likeness (QED) is 0.750. The third-order valence-corrected chi connectivity index (χ3v) is 3.42. The Morgan fingerprint density at radius 1 is 1.36 bits per heavy atom. The molecule has 1 aromatic rings. The van der Waals surface area contributed by atoms with Crippen molar-refractivity contribution in [2.45, 2.75) is 12.3 Å². The monoisotopic (exact) mass is 318 g/mol. The Morgan fingerprint density at radius 2 is 2.09 bits per heavy atom. The lowest BCUT2D eigenvalue weighted by Crippen LogP contribution is -2.36. The Hall–Kier alpha value is -1.80. The minimum atomic E-state index is -4.54. The van der Waals surface area contributed by atoms with Crippen LogP contribution in [0, 0.1) is 5.92 Å². The van der Waals surface area contributed by atoms with Crippen LogP contribution in [0.5, 0.6) is 5.75 Å². The molecule has 1 aliphatic rings. The Morgan fingerprint density at radius 3 is 2.73 bits per heavy atom. The molecule has 0 bridgehead atoms. The Labute approximate surface area is 125 Å². The van der Waals surface area contributed by atoms with Gasteiger partial charge >= 0.3 is 6.18 Å². The molecule has 5 nitrogen and oxygen atoms in total. The number of hydrogen-bond donors (Lipinski definition) is 3. The third-order valence-electron chi connectivity index (χ3n) is 3.42. The molecule has 2 unspecified atom stereocenters. The standard InChI is InChI=1S/C14H17F3N2O3/c15-14(16,17)10-3-1-2-4-12(10)22-8-13(21)19-6-9-5-18-7-11(9)20/h1-4,9,11,18,20H,5-8H2,(H,19,21). The molecule has 22 heavy (non-hydrogen) atoms. The minimum Gasteiger partial charge on any atom is -0.483 e. The van der Waals surface area contributed by atoms with Gasteiger partial charge in [0.15, 0.2) is 6.61 Å². The molecule has 1 heterocycles. The number of amides is 1. The lowest BCUT2D eigenvalue weighted by Gasteiger charge is -2.15. The highest BCUT2D eigenvalue weighted by atomic mass is 19.4. The van der Waals surface area contributed by atoms with E-state index in [1.54, 1.807) is 0 Å². The topological polar surface area (TPSA) is 70.6 Å². The van der Waals surface area contributed by atoms with Gasteiger partial charge in [-0.1, -0.05) is 12.1 Å². The SMILES string of the molecule is O=C(COc1ccccc1C(F)(F)F)NCC1CNCC1O. The van der Waals surface area contributed by atoms with Gasteiger partial charge in [0.2, 0.25) is 0 Å². The van der Waals surface area contributed by atoms with Crippen molar-refractivity contribution in [3.63, 3.8) is 0 Å². The predicted octanol–water partition coefficient (Wildman–Crippen LogP) is 0.781. The Kier molecular flexibility index (Phi) is 5.25. The first-order chi connectivity index (χ1) is 10.4. The molecule has 1 aliphatic heterocycles. The Balaban J connectivity index is 1.84. The molecule has 0 spiro atoms. The van der Waals surface area contributed by atoms with Crippen LogP contribution in [0.25, 0.3) is 0 Å². The number of nitrogens with one attached hydrogen (secondary N) is 2. The second-order valence-corrected chi connectivity index (χ2v) is 5.07. The van der Waals surface area contributed by atoms with Crippen LogP contribution in [0.3, 0.4) is 0 Å². The van der Waals surface area contributed by atoms with Crippen LogP contribution in [0.15, 0.2) is 24.3 Å². The number of β-amino-alcohol motifs (C(OH)–C–C–N with tert-alkyl or cyclic N) is 1. The van der Waals surface area contributed by atoms with E-state index in [0.29, 0.717) is 13.1 Å². The van der Waals surface area contributed by atoms with Crippen LogP contribution in [0.2, 0.25) is 0 Å². The number of hydrogen-bond acceptors (Lipinski definition) is 4. The van der Waals surface area contributed by atoms with E-state index in [2.05, 4.69) is 10.6 Å². The van der Waals surface area contributed by atoms with Crippen LogP contribution in [0.4, 0.5) is 13.2 Å². The number of carbonyl (C=O) groups excluding carboxylic acids is 1. The van der Waals surface area contributed by atoms with Crippen molar-refractivity contribution >= 4 is 5.91 Å². The number of benzene rings is 1. The summed E-state index contributed by atoms with van der Waals surface area (Å²) in [5.41, 5.74) is -0.918. The first-order valence-electron chi connectivity index (χ1n) is 6.82. The van der Waals surface area contributed by atoms with Crippen molar-refractivity contribution in [1.29, 1.82) is 0 Å². The molecule has 0 radical (unpaired) electrons. The van der Waals surface area contributed by atoms with Gasteiger partial charge in [-0.3, -0.25) is 4.79 Å². The molecule has 2 atom stereocenters. The highest BCUT2D eigenvalue weighted by Gasteiger charge is 2.34. The van der Waals surface area contributed by atoms with E-state index in [4.69, 9.17) is 4.74 Å². The zero-order chi connectivity index (χ0) is 16.2. The Bertz CT molecular complexity index is 522. The smallest absolute Gasteiger partial charge is 0.419 e. The molecule has 1 fully saturated rings. The van der Waals surface area contributed by atoms with Gasteiger partial charge in [0.05, 0.1) is 11.7 Å². The number of carbonyl (C=O) groups is 1. The first-order valence-corrected chi connectivity index (χ1v) is 6.82. The summed E-state index contributed by atoms with van der Waals surface area (Å²) in [6.07, 6.45) is -5.07. The van der Waals surface area contributed by atoms with Gasteiger partial charge in [-0.25, -0.2) is 0 Å². The second-order valence-electron chi connectivity index (χ2n) is 5.07. The van der Waals surface area contributed by atoms with E-state index in [1.165, 1.54) is 18.2 Å². The molecule has 1 amide bonds. The van der Waals surface area contributed by atoms with Gasteiger partial charge in [0.25, 0.3) is 5.91 Å². The molecule has 0 saturated carbocycles. The maximum atomic E-state index is 12.8. The van der Waals surface area contributed by atoms with E-state index in [9.17, 15) is 23.1 Å². The lowest BCUT2D eigenvalue weighted by molar-refractivity contribution is -0.139. The zero-order valence-electron chi connectivity index (χ0n) is 11.7. The fraction of sp³-hybridized carbons (Fsp3) is 0.500. The van der Waals surface area contributed by atoms with Gasteiger partial charge in [-0.15, -0.1) is 0 Å². The van der Waals surface area contributed by atoms with Gasteiger partial charge in [-0.05, 0) is 12.1 Å². The number of para-hydroxylation sites is 1. The minimum absolute atomic E-state index is 0.105. The summed E-state index contributed by atoms with van der Waals surface area (Å²) in [7, 11) is 0. The van der Waals surface area contributed by atoms with Crippen molar-refractivity contribution in [3.05, 3.63) is 29.8 Å². The van der Waals surface area contributed by atoms with Crippen molar-refractivity contribution < 1.29 is 27.8 Å². The molecular weight excluding hydrogens is 301 g/mol. The molecule has 1 aromatic carbocycles. The maximum absolute atomic E-state index is 12.8. The van der Waals surface area contributed by atoms with E-state index in [-0.39, 0.29) is 18.2 Å². The zero-order valence-corrected chi connectivity index (χ0v) is 11.7. The van der Waals surface area contributed by atoms with Gasteiger partial charge in [0, 0.05) is 25.6 Å². The van der Waals surface area contributed by atoms with Crippen molar-refractivity contribution in [3.8, 4) is 5.75 Å². The second kappa shape index (κ2) is 6.97. The van der Waals surface area contributed by atoms with Crippen molar-refractivity contribution in [1.82, 2.24) is 10.6 Å². The molecule has 3 N–H and O–H groups in total. The summed E-state index contributed by atoms with van der Waals surface area (Å²) in [6.45, 7) is 0.788. The molecule has 0 aromatic heterocycles. The summed E-state index contributed by atoms with van der Waals surface area (Å²) in [5, 5.41) is 15.1. The fourth-order valence-corrected chi connectivity index (χ4v) is 2.19. The average molecular weight is 318 g/mol. The van der Waals surface area contributed by atoms with Crippen LogP contribution in [-0.2, 0) is 11.0 Å². The summed E-state index contributed by atoms with van der Waals surface area (Å²) in [6, 6.07) is 4.72. The molecule has 2 rings (SSSR count). The van der Waals surface area contributed by atoms with E-state index in [0.717, 1.165) is 6.07 Å². The molecular formula is C14H17F3N2O3. The number of ether oxygens (including phenoxy) is 1.